The minimum absolute atomic E-state index is 0.155. The summed E-state index contributed by atoms with van der Waals surface area (Å²) in [5.74, 6) is 0. The topological polar surface area (TPSA) is 33.3 Å². The van der Waals surface area contributed by atoms with Crippen molar-refractivity contribution < 1.29 is 9.13 Å². The van der Waals surface area contributed by atoms with E-state index < -0.39 is 6.17 Å². The summed E-state index contributed by atoms with van der Waals surface area (Å²) in [6.07, 6.45) is 3.27. The largest absolute Gasteiger partial charge is 0.382 e. The first kappa shape index (κ1) is 13.9. The van der Waals surface area contributed by atoms with Gasteiger partial charge in [-0.1, -0.05) is 26.7 Å². The predicted molar refractivity (Wildman–Crippen MR) is 64.2 cm³/mol. The van der Waals surface area contributed by atoms with Gasteiger partial charge < -0.3 is 4.74 Å². The maximum atomic E-state index is 13.7. The second kappa shape index (κ2) is 7.20. The first-order valence-electron chi connectivity index (χ1n) is 6.38. The van der Waals surface area contributed by atoms with Gasteiger partial charge in [0.2, 0.25) is 0 Å². The minimum Gasteiger partial charge on any atom is -0.382 e. The number of hydrogen-bond acceptors (Lipinski definition) is 3. The van der Waals surface area contributed by atoms with Crippen LogP contribution in [-0.4, -0.2) is 38.1 Å². The number of nitrogens with one attached hydrogen (secondary N) is 2. The van der Waals surface area contributed by atoms with E-state index in [-0.39, 0.29) is 12.8 Å². The Balaban J connectivity index is 2.46. The summed E-state index contributed by atoms with van der Waals surface area (Å²) < 4.78 is 18.5. The SMILES string of the molecule is CCCC1NC(C(F)COC)NC1CCC. The monoisotopic (exact) mass is 232 g/mol. The van der Waals surface area contributed by atoms with Gasteiger partial charge in [0.1, 0.15) is 0 Å². The quantitative estimate of drug-likeness (QED) is 0.702. The Hall–Kier alpha value is -0.190. The number of rotatable bonds is 7. The lowest BCUT2D eigenvalue weighted by molar-refractivity contribution is 0.0971. The highest BCUT2D eigenvalue weighted by atomic mass is 19.1. The van der Waals surface area contributed by atoms with Crippen LogP contribution >= 0.6 is 0 Å². The standard InChI is InChI=1S/C12H25FN2O/c1-4-6-10-11(7-5-2)15-12(14-10)9(13)8-16-3/h9-12,14-15H,4-8H2,1-3H3. The number of methoxy groups -OCH3 is 1. The van der Waals surface area contributed by atoms with Gasteiger partial charge in [0.05, 0.1) is 12.8 Å². The van der Waals surface area contributed by atoms with E-state index in [1.165, 1.54) is 7.11 Å². The van der Waals surface area contributed by atoms with E-state index in [9.17, 15) is 4.39 Å². The van der Waals surface area contributed by atoms with Gasteiger partial charge in [-0.2, -0.15) is 0 Å². The molecule has 0 spiro atoms. The lowest BCUT2D eigenvalue weighted by atomic mass is 10.0. The minimum atomic E-state index is -0.966. The number of hydrogen-bond donors (Lipinski definition) is 2. The first-order valence-corrected chi connectivity index (χ1v) is 6.38. The first-order chi connectivity index (χ1) is 7.72. The van der Waals surface area contributed by atoms with Crippen LogP contribution in [0.5, 0.6) is 0 Å². The molecule has 0 saturated carbocycles. The molecule has 96 valence electrons. The molecule has 1 heterocycles. The van der Waals surface area contributed by atoms with Crippen molar-refractivity contribution in [3.8, 4) is 0 Å². The van der Waals surface area contributed by atoms with Crippen molar-refractivity contribution in [3.05, 3.63) is 0 Å². The van der Waals surface area contributed by atoms with Crippen molar-refractivity contribution in [2.24, 2.45) is 0 Å². The lowest BCUT2D eigenvalue weighted by Crippen LogP contribution is -2.44. The third-order valence-corrected chi connectivity index (χ3v) is 3.16. The van der Waals surface area contributed by atoms with E-state index in [0.29, 0.717) is 12.1 Å². The third-order valence-electron chi connectivity index (χ3n) is 3.16. The molecule has 3 nitrogen and oxygen atoms in total. The van der Waals surface area contributed by atoms with Crippen molar-refractivity contribution in [1.29, 1.82) is 0 Å². The van der Waals surface area contributed by atoms with Crippen LogP contribution in [0.2, 0.25) is 0 Å². The van der Waals surface area contributed by atoms with E-state index in [1.54, 1.807) is 0 Å². The summed E-state index contributed by atoms with van der Waals surface area (Å²) in [5, 5.41) is 6.69. The van der Waals surface area contributed by atoms with Crippen molar-refractivity contribution in [2.75, 3.05) is 13.7 Å². The fourth-order valence-electron chi connectivity index (χ4n) is 2.40. The number of halogens is 1. The predicted octanol–water partition coefficient (Wildman–Crippen LogP) is 1.83. The summed E-state index contributed by atoms with van der Waals surface area (Å²) >= 11 is 0. The van der Waals surface area contributed by atoms with E-state index in [4.69, 9.17) is 4.74 Å². The van der Waals surface area contributed by atoms with E-state index >= 15 is 0 Å². The molecule has 4 heteroatoms. The van der Waals surface area contributed by atoms with Crippen LogP contribution in [-0.2, 0) is 4.74 Å². The summed E-state index contributed by atoms with van der Waals surface area (Å²) in [5.41, 5.74) is 0. The Morgan fingerprint density at radius 1 is 1.12 bits per heavy atom. The zero-order chi connectivity index (χ0) is 12.0. The maximum Gasteiger partial charge on any atom is 0.152 e. The Labute approximate surface area is 98.1 Å². The molecule has 1 saturated heterocycles. The van der Waals surface area contributed by atoms with Crippen LogP contribution in [0.1, 0.15) is 39.5 Å². The van der Waals surface area contributed by atoms with Gasteiger partial charge >= 0.3 is 0 Å². The van der Waals surface area contributed by atoms with Crippen molar-refractivity contribution in [2.45, 2.75) is 64.0 Å². The summed E-state index contributed by atoms with van der Waals surface area (Å²) in [6, 6.07) is 0.815. The highest BCUT2D eigenvalue weighted by molar-refractivity contribution is 4.95. The van der Waals surface area contributed by atoms with E-state index in [2.05, 4.69) is 24.5 Å². The van der Waals surface area contributed by atoms with Crippen molar-refractivity contribution >= 4 is 0 Å². The Morgan fingerprint density at radius 3 is 2.00 bits per heavy atom. The van der Waals surface area contributed by atoms with Gasteiger partial charge in [-0.3, -0.25) is 10.6 Å². The van der Waals surface area contributed by atoms with Crippen molar-refractivity contribution in [3.63, 3.8) is 0 Å². The molecule has 1 aliphatic heterocycles. The zero-order valence-corrected chi connectivity index (χ0v) is 10.6. The summed E-state index contributed by atoms with van der Waals surface area (Å²) in [6.45, 7) is 4.49. The van der Waals surface area contributed by atoms with Gasteiger partial charge in [-0.05, 0) is 12.8 Å². The Kier molecular flexibility index (Phi) is 6.24. The summed E-state index contributed by atoms with van der Waals surface area (Å²) in [7, 11) is 1.54. The van der Waals surface area contributed by atoms with E-state index in [1.807, 2.05) is 0 Å². The molecule has 0 aromatic carbocycles. The molecule has 0 amide bonds. The second-order valence-electron chi connectivity index (χ2n) is 4.57. The molecule has 1 rings (SSSR count). The lowest BCUT2D eigenvalue weighted by Gasteiger charge is -2.17. The fraction of sp³-hybridized carbons (Fsp3) is 1.00. The van der Waals surface area contributed by atoms with Gasteiger partial charge in [-0.25, -0.2) is 4.39 Å². The smallest absolute Gasteiger partial charge is 0.152 e. The average Bonchev–Trinajstić information content (AvgIpc) is 2.64. The van der Waals surface area contributed by atoms with Crippen LogP contribution in [0.25, 0.3) is 0 Å². The van der Waals surface area contributed by atoms with Crippen molar-refractivity contribution in [1.82, 2.24) is 10.6 Å². The molecule has 0 bridgehead atoms. The molecule has 3 unspecified atom stereocenters. The van der Waals surface area contributed by atoms with Gasteiger partial charge in [0, 0.05) is 19.2 Å². The average molecular weight is 232 g/mol. The van der Waals surface area contributed by atoms with Gasteiger partial charge in [0.25, 0.3) is 0 Å². The molecule has 2 N–H and O–H groups in total. The molecule has 0 radical (unpaired) electrons. The van der Waals surface area contributed by atoms with Gasteiger partial charge in [-0.15, -0.1) is 0 Å². The maximum absolute atomic E-state index is 13.7. The Bertz CT molecular complexity index is 178. The third kappa shape index (κ3) is 3.68. The number of ether oxygens (including phenoxy) is 1. The zero-order valence-electron chi connectivity index (χ0n) is 10.6. The summed E-state index contributed by atoms with van der Waals surface area (Å²) in [4.78, 5) is 0. The molecule has 0 aromatic heterocycles. The molecule has 1 fully saturated rings. The fourth-order valence-corrected chi connectivity index (χ4v) is 2.40. The molecule has 16 heavy (non-hydrogen) atoms. The molecule has 1 aliphatic rings. The normalized spacial score (nSPS) is 31.9. The molecule has 3 atom stereocenters. The molecule has 0 aromatic rings. The molecule has 0 aliphatic carbocycles. The molecular formula is C12H25FN2O. The van der Waals surface area contributed by atoms with Crippen LogP contribution in [0.3, 0.4) is 0 Å². The van der Waals surface area contributed by atoms with Crippen LogP contribution < -0.4 is 10.6 Å². The number of alkyl halides is 1. The van der Waals surface area contributed by atoms with E-state index in [0.717, 1.165) is 25.7 Å². The Morgan fingerprint density at radius 2 is 1.62 bits per heavy atom. The van der Waals surface area contributed by atoms with Crippen LogP contribution in [0, 0.1) is 0 Å². The van der Waals surface area contributed by atoms with Gasteiger partial charge in [0.15, 0.2) is 6.17 Å². The highest BCUT2D eigenvalue weighted by Gasteiger charge is 2.35. The highest BCUT2D eigenvalue weighted by Crippen LogP contribution is 2.17. The van der Waals surface area contributed by atoms with Crippen LogP contribution in [0.15, 0.2) is 0 Å². The molecular weight excluding hydrogens is 207 g/mol. The van der Waals surface area contributed by atoms with Crippen LogP contribution in [0.4, 0.5) is 4.39 Å². The second-order valence-corrected chi connectivity index (χ2v) is 4.57.